The van der Waals surface area contributed by atoms with Gasteiger partial charge in [-0.1, -0.05) is 12.1 Å². The fourth-order valence-corrected chi connectivity index (χ4v) is 3.23. The van der Waals surface area contributed by atoms with Gasteiger partial charge in [-0.2, -0.15) is 5.10 Å². The lowest BCUT2D eigenvalue weighted by molar-refractivity contribution is 0.411. The quantitative estimate of drug-likeness (QED) is 0.580. The Bertz CT molecular complexity index is 794. The molecule has 148 valence electrons. The third-order valence-corrected chi connectivity index (χ3v) is 4.78. The number of rotatable bonds is 7. The fraction of sp³-hybridized carbons (Fsp3) is 0.524. The van der Waals surface area contributed by atoms with Crippen molar-refractivity contribution in [2.45, 2.75) is 53.6 Å². The fourth-order valence-electron chi connectivity index (χ4n) is 3.23. The van der Waals surface area contributed by atoms with Gasteiger partial charge >= 0.3 is 0 Å². The minimum atomic E-state index is 0.252. The topological polar surface area (TPSA) is 63.5 Å². The summed E-state index contributed by atoms with van der Waals surface area (Å²) in [4.78, 5) is 4.74. The molecule has 2 aromatic rings. The van der Waals surface area contributed by atoms with Crippen molar-refractivity contribution in [3.05, 3.63) is 46.3 Å². The monoisotopic (exact) mass is 371 g/mol. The molecule has 0 aliphatic rings. The van der Waals surface area contributed by atoms with Crippen LogP contribution in [0.1, 0.15) is 41.9 Å². The second kappa shape index (κ2) is 9.44. The van der Waals surface area contributed by atoms with Gasteiger partial charge in [-0.3, -0.25) is 4.68 Å². The van der Waals surface area contributed by atoms with Crippen molar-refractivity contribution in [3.8, 4) is 5.75 Å². The lowest BCUT2D eigenvalue weighted by Gasteiger charge is -2.18. The molecule has 0 saturated carbocycles. The Morgan fingerprint density at radius 3 is 2.59 bits per heavy atom. The van der Waals surface area contributed by atoms with Crippen molar-refractivity contribution in [3.63, 3.8) is 0 Å². The number of benzene rings is 1. The van der Waals surface area contributed by atoms with Gasteiger partial charge in [0.1, 0.15) is 5.75 Å². The second-order valence-electron chi connectivity index (χ2n) is 7.02. The number of ether oxygens (including phenoxy) is 1. The van der Waals surface area contributed by atoms with E-state index in [-0.39, 0.29) is 6.04 Å². The highest BCUT2D eigenvalue weighted by molar-refractivity contribution is 5.80. The second-order valence-corrected chi connectivity index (χ2v) is 7.02. The molecule has 1 aromatic carbocycles. The van der Waals surface area contributed by atoms with Crippen LogP contribution in [-0.2, 0) is 20.0 Å². The van der Waals surface area contributed by atoms with Crippen LogP contribution in [0.25, 0.3) is 0 Å². The molecule has 1 unspecified atom stereocenters. The number of hydrogen-bond donors (Lipinski definition) is 2. The average molecular weight is 372 g/mol. The highest BCUT2D eigenvalue weighted by Gasteiger charge is 2.14. The highest BCUT2D eigenvalue weighted by Crippen LogP contribution is 2.19. The Balaban J connectivity index is 2.05. The molecule has 1 atom stereocenters. The Morgan fingerprint density at radius 1 is 1.30 bits per heavy atom. The van der Waals surface area contributed by atoms with Gasteiger partial charge in [-0.05, 0) is 63.8 Å². The SMILES string of the molecule is CCNC(=NCc1ccc(OC)c(C)c1)NC(C)Cc1c(C)nn(C)c1C. The van der Waals surface area contributed by atoms with Crippen LogP contribution in [0.4, 0.5) is 0 Å². The molecule has 0 spiro atoms. The van der Waals surface area contributed by atoms with E-state index in [0.29, 0.717) is 6.54 Å². The van der Waals surface area contributed by atoms with E-state index in [0.717, 1.165) is 41.5 Å². The normalized spacial score (nSPS) is 12.8. The molecule has 0 fully saturated rings. The summed E-state index contributed by atoms with van der Waals surface area (Å²) in [6.07, 6.45) is 0.914. The molecule has 0 saturated heterocycles. The summed E-state index contributed by atoms with van der Waals surface area (Å²) in [5.74, 6) is 1.74. The van der Waals surface area contributed by atoms with Gasteiger partial charge in [0.25, 0.3) is 0 Å². The van der Waals surface area contributed by atoms with Gasteiger partial charge in [0.05, 0.1) is 19.3 Å². The molecule has 1 heterocycles. The minimum Gasteiger partial charge on any atom is -0.496 e. The summed E-state index contributed by atoms with van der Waals surface area (Å²) in [5, 5.41) is 11.4. The lowest BCUT2D eigenvalue weighted by Crippen LogP contribution is -2.43. The third kappa shape index (κ3) is 5.49. The number of aliphatic imine (C=N–C) groups is 1. The number of aromatic nitrogens is 2. The summed E-state index contributed by atoms with van der Waals surface area (Å²) < 4.78 is 7.27. The maximum Gasteiger partial charge on any atom is 0.191 e. The summed E-state index contributed by atoms with van der Waals surface area (Å²) >= 11 is 0. The van der Waals surface area contributed by atoms with Crippen molar-refractivity contribution in [2.75, 3.05) is 13.7 Å². The summed E-state index contributed by atoms with van der Waals surface area (Å²) in [7, 11) is 3.69. The van der Waals surface area contributed by atoms with Crippen molar-refractivity contribution in [2.24, 2.45) is 12.0 Å². The number of hydrogen-bond acceptors (Lipinski definition) is 3. The molecular formula is C21H33N5O. The molecule has 1 aromatic heterocycles. The first-order chi connectivity index (χ1) is 12.8. The van der Waals surface area contributed by atoms with E-state index in [1.54, 1.807) is 7.11 Å². The molecule has 0 aliphatic heterocycles. The number of guanidine groups is 1. The van der Waals surface area contributed by atoms with E-state index in [1.807, 2.05) is 17.8 Å². The molecule has 0 aliphatic carbocycles. The van der Waals surface area contributed by atoms with Crippen LogP contribution in [0.3, 0.4) is 0 Å². The first kappa shape index (κ1) is 20.8. The Kier molecular flexibility index (Phi) is 7.28. The largest absolute Gasteiger partial charge is 0.496 e. The molecule has 2 N–H and O–H groups in total. The molecule has 6 nitrogen and oxygen atoms in total. The van der Waals surface area contributed by atoms with Gasteiger partial charge in [-0.15, -0.1) is 0 Å². The number of nitrogens with zero attached hydrogens (tertiary/aromatic N) is 3. The van der Waals surface area contributed by atoms with Gasteiger partial charge in [0.2, 0.25) is 0 Å². The van der Waals surface area contributed by atoms with Gasteiger partial charge in [0.15, 0.2) is 5.96 Å². The van der Waals surface area contributed by atoms with E-state index in [2.05, 4.69) is 62.5 Å². The summed E-state index contributed by atoms with van der Waals surface area (Å²) in [5.41, 5.74) is 5.91. The maximum atomic E-state index is 5.33. The van der Waals surface area contributed by atoms with Gasteiger partial charge in [-0.25, -0.2) is 4.99 Å². The van der Waals surface area contributed by atoms with Gasteiger partial charge < -0.3 is 15.4 Å². The van der Waals surface area contributed by atoms with Gasteiger partial charge in [0, 0.05) is 25.3 Å². The third-order valence-electron chi connectivity index (χ3n) is 4.78. The highest BCUT2D eigenvalue weighted by atomic mass is 16.5. The standard InChI is InChI=1S/C21H33N5O/c1-8-22-21(23-13-18-9-10-20(27-7)14(2)11-18)24-15(3)12-19-16(4)25-26(6)17(19)5/h9-11,15H,8,12-13H2,1-7H3,(H2,22,23,24). The molecule has 0 radical (unpaired) electrons. The van der Waals surface area contributed by atoms with Crippen molar-refractivity contribution >= 4 is 5.96 Å². The summed E-state index contributed by atoms with van der Waals surface area (Å²) in [6.45, 7) is 11.9. The van der Waals surface area contributed by atoms with Crippen LogP contribution in [0.2, 0.25) is 0 Å². The molecule has 27 heavy (non-hydrogen) atoms. The first-order valence-corrected chi connectivity index (χ1v) is 9.53. The van der Waals surface area contributed by atoms with Crippen LogP contribution in [-0.4, -0.2) is 35.4 Å². The molecule has 6 heteroatoms. The summed E-state index contributed by atoms with van der Waals surface area (Å²) in [6, 6.07) is 6.43. The molecule has 2 rings (SSSR count). The molecule has 0 bridgehead atoms. The Labute approximate surface area is 163 Å². The zero-order valence-electron chi connectivity index (χ0n) is 17.7. The number of aryl methyl sites for hydroxylation is 3. The van der Waals surface area contributed by atoms with E-state index < -0.39 is 0 Å². The molecule has 0 amide bonds. The first-order valence-electron chi connectivity index (χ1n) is 9.53. The predicted molar refractivity (Wildman–Crippen MR) is 112 cm³/mol. The smallest absolute Gasteiger partial charge is 0.191 e. The minimum absolute atomic E-state index is 0.252. The van der Waals surface area contributed by atoms with E-state index in [1.165, 1.54) is 11.3 Å². The molecular weight excluding hydrogens is 338 g/mol. The van der Waals surface area contributed by atoms with Crippen molar-refractivity contribution in [1.29, 1.82) is 0 Å². The van der Waals surface area contributed by atoms with Crippen molar-refractivity contribution in [1.82, 2.24) is 20.4 Å². The van der Waals surface area contributed by atoms with E-state index >= 15 is 0 Å². The predicted octanol–water partition coefficient (Wildman–Crippen LogP) is 3.04. The van der Waals surface area contributed by atoms with Crippen LogP contribution in [0, 0.1) is 20.8 Å². The Hall–Kier alpha value is -2.50. The van der Waals surface area contributed by atoms with E-state index in [4.69, 9.17) is 9.73 Å². The zero-order chi connectivity index (χ0) is 20.0. The lowest BCUT2D eigenvalue weighted by atomic mass is 10.1. The van der Waals surface area contributed by atoms with Crippen molar-refractivity contribution < 1.29 is 4.74 Å². The zero-order valence-corrected chi connectivity index (χ0v) is 17.7. The average Bonchev–Trinajstić information content (AvgIpc) is 2.86. The van der Waals surface area contributed by atoms with Crippen LogP contribution in [0.5, 0.6) is 5.75 Å². The Morgan fingerprint density at radius 2 is 2.04 bits per heavy atom. The number of nitrogens with one attached hydrogen (secondary N) is 2. The number of methoxy groups -OCH3 is 1. The van der Waals surface area contributed by atoms with Crippen LogP contribution in [0.15, 0.2) is 23.2 Å². The van der Waals surface area contributed by atoms with Crippen LogP contribution >= 0.6 is 0 Å². The van der Waals surface area contributed by atoms with E-state index in [9.17, 15) is 0 Å². The van der Waals surface area contributed by atoms with Crippen LogP contribution < -0.4 is 15.4 Å². The maximum absolute atomic E-state index is 5.33.